The number of carbonyl (C=O) groups excluding carboxylic acids is 2. The fourth-order valence-electron chi connectivity index (χ4n) is 4.65. The van der Waals surface area contributed by atoms with Crippen molar-refractivity contribution in [2.24, 2.45) is 5.92 Å². The van der Waals surface area contributed by atoms with E-state index in [0.29, 0.717) is 42.6 Å². The van der Waals surface area contributed by atoms with E-state index in [1.165, 1.54) is 0 Å². The number of aryl methyl sites for hydroxylation is 1. The van der Waals surface area contributed by atoms with Gasteiger partial charge >= 0.3 is 0 Å². The summed E-state index contributed by atoms with van der Waals surface area (Å²) in [4.78, 5) is 28.0. The molecule has 1 aliphatic carbocycles. The molecule has 1 aliphatic heterocycles. The van der Waals surface area contributed by atoms with E-state index in [9.17, 15) is 9.59 Å². The second-order valence-corrected chi connectivity index (χ2v) is 9.16. The number of amides is 2. The van der Waals surface area contributed by atoms with Crippen molar-refractivity contribution in [3.8, 4) is 0 Å². The van der Waals surface area contributed by atoms with Crippen LogP contribution in [0.1, 0.15) is 56.4 Å². The first-order chi connectivity index (χ1) is 14.9. The Morgan fingerprint density at radius 2 is 2.03 bits per heavy atom. The van der Waals surface area contributed by atoms with Crippen LogP contribution < -0.4 is 0 Å². The molecule has 2 amide bonds. The summed E-state index contributed by atoms with van der Waals surface area (Å²) in [6.07, 6.45) is 4.29. The van der Waals surface area contributed by atoms with Crippen LogP contribution in [0.5, 0.6) is 0 Å². The first-order valence-corrected chi connectivity index (χ1v) is 11.4. The van der Waals surface area contributed by atoms with Crippen LogP contribution in [-0.2, 0) is 21.4 Å². The average Bonchev–Trinajstić information content (AvgIpc) is 3.33. The van der Waals surface area contributed by atoms with Gasteiger partial charge in [-0.15, -0.1) is 10.2 Å². The van der Waals surface area contributed by atoms with Gasteiger partial charge in [0.2, 0.25) is 23.6 Å². The number of likely N-dealkylation sites (tertiary alicyclic amines) is 1. The van der Waals surface area contributed by atoms with Crippen molar-refractivity contribution in [1.82, 2.24) is 20.0 Å². The molecule has 166 valence electrons. The lowest BCUT2D eigenvalue weighted by Crippen LogP contribution is -2.35. The molecule has 1 aromatic heterocycles. The van der Waals surface area contributed by atoms with E-state index in [0.717, 1.165) is 37.9 Å². The summed E-state index contributed by atoms with van der Waals surface area (Å²) in [5, 5.41) is 9.24. The Kier molecular flexibility index (Phi) is 6.32. The Balaban J connectivity index is 1.33. The maximum Gasteiger partial charge on any atom is 0.227 e. The molecule has 1 atom stereocenters. The zero-order valence-corrected chi connectivity index (χ0v) is 18.9. The van der Waals surface area contributed by atoms with Crippen LogP contribution in [0.2, 0.25) is 5.02 Å². The third kappa shape index (κ3) is 4.47. The van der Waals surface area contributed by atoms with E-state index in [1.807, 2.05) is 36.1 Å². The standard InChI is InChI=1S/C23H29ClN4O3/c1-3-28-15-16(13-21(28)30)14-27(2)20(29)10-9-19-25-26-22(31-19)23(11-4-12-23)17-5-7-18(24)8-6-17/h5-8,16H,3-4,9-15H2,1-2H3/t16-/m1/s1. The third-order valence-corrected chi connectivity index (χ3v) is 6.92. The first-order valence-electron chi connectivity index (χ1n) is 11.0. The SMILES string of the molecule is CCN1C[C@@H](CN(C)C(=O)CCc2nnc(C3(c4ccc(Cl)cc4)CCC3)o2)CC1=O. The molecule has 7 nitrogen and oxygen atoms in total. The summed E-state index contributed by atoms with van der Waals surface area (Å²) in [7, 11) is 1.80. The molecule has 8 heteroatoms. The van der Waals surface area contributed by atoms with Crippen molar-refractivity contribution in [1.29, 1.82) is 0 Å². The number of carbonyl (C=O) groups is 2. The van der Waals surface area contributed by atoms with E-state index in [1.54, 1.807) is 11.9 Å². The molecule has 0 N–H and O–H groups in total. The molecule has 2 fully saturated rings. The van der Waals surface area contributed by atoms with Crippen LogP contribution >= 0.6 is 11.6 Å². The summed E-state index contributed by atoms with van der Waals surface area (Å²) in [5.41, 5.74) is 0.901. The molecule has 2 heterocycles. The molecule has 1 saturated heterocycles. The predicted molar refractivity (Wildman–Crippen MR) is 117 cm³/mol. The number of aromatic nitrogens is 2. The van der Waals surface area contributed by atoms with E-state index in [2.05, 4.69) is 10.2 Å². The number of nitrogens with zero attached hydrogens (tertiary/aromatic N) is 4. The second kappa shape index (κ2) is 8.99. The number of hydrogen-bond acceptors (Lipinski definition) is 5. The van der Waals surface area contributed by atoms with E-state index >= 15 is 0 Å². The lowest BCUT2D eigenvalue weighted by molar-refractivity contribution is -0.131. The van der Waals surface area contributed by atoms with Crippen molar-refractivity contribution < 1.29 is 14.0 Å². The second-order valence-electron chi connectivity index (χ2n) is 8.72. The Morgan fingerprint density at radius 1 is 1.29 bits per heavy atom. The minimum Gasteiger partial charge on any atom is -0.424 e. The fraction of sp³-hybridized carbons (Fsp3) is 0.565. The topological polar surface area (TPSA) is 79.5 Å². The summed E-state index contributed by atoms with van der Waals surface area (Å²) in [5.74, 6) is 1.52. The van der Waals surface area contributed by atoms with Gasteiger partial charge in [-0.2, -0.15) is 0 Å². The Hall–Kier alpha value is -2.41. The number of hydrogen-bond donors (Lipinski definition) is 0. The van der Waals surface area contributed by atoms with Crippen molar-refractivity contribution >= 4 is 23.4 Å². The van der Waals surface area contributed by atoms with Crippen molar-refractivity contribution in [2.75, 3.05) is 26.7 Å². The molecular weight excluding hydrogens is 416 g/mol. The zero-order chi connectivity index (χ0) is 22.0. The number of rotatable bonds is 8. The molecule has 0 spiro atoms. The monoisotopic (exact) mass is 444 g/mol. The molecule has 2 aliphatic rings. The largest absolute Gasteiger partial charge is 0.424 e. The Morgan fingerprint density at radius 3 is 2.65 bits per heavy atom. The summed E-state index contributed by atoms with van der Waals surface area (Å²) in [6.45, 7) is 4.03. The van der Waals surface area contributed by atoms with Gasteiger partial charge in [-0.05, 0) is 37.5 Å². The lowest BCUT2D eigenvalue weighted by atomic mass is 9.64. The molecule has 2 aromatic rings. The maximum absolute atomic E-state index is 12.6. The smallest absolute Gasteiger partial charge is 0.227 e. The van der Waals surface area contributed by atoms with Crippen molar-refractivity contribution in [3.63, 3.8) is 0 Å². The molecule has 0 unspecified atom stereocenters. The minimum atomic E-state index is -0.239. The molecule has 1 aromatic carbocycles. The highest BCUT2D eigenvalue weighted by atomic mass is 35.5. The molecule has 31 heavy (non-hydrogen) atoms. The van der Waals surface area contributed by atoms with Crippen LogP contribution in [0.15, 0.2) is 28.7 Å². The Bertz CT molecular complexity index is 939. The molecule has 0 bridgehead atoms. The fourth-order valence-corrected chi connectivity index (χ4v) is 4.77. The zero-order valence-electron chi connectivity index (χ0n) is 18.1. The van der Waals surface area contributed by atoms with Gasteiger partial charge in [-0.25, -0.2) is 0 Å². The van der Waals surface area contributed by atoms with E-state index in [-0.39, 0.29) is 23.1 Å². The predicted octanol–water partition coefficient (Wildman–Crippen LogP) is 3.45. The van der Waals surface area contributed by atoms with Crippen molar-refractivity contribution in [3.05, 3.63) is 46.6 Å². The molecule has 4 rings (SSSR count). The van der Waals surface area contributed by atoms with Crippen LogP contribution in [0.3, 0.4) is 0 Å². The van der Waals surface area contributed by atoms with Gasteiger partial charge in [0.15, 0.2) is 0 Å². The highest BCUT2D eigenvalue weighted by molar-refractivity contribution is 6.30. The summed E-state index contributed by atoms with van der Waals surface area (Å²) >= 11 is 6.04. The van der Waals surface area contributed by atoms with Crippen LogP contribution in [0.4, 0.5) is 0 Å². The van der Waals surface area contributed by atoms with Gasteiger partial charge < -0.3 is 14.2 Å². The highest BCUT2D eigenvalue weighted by Gasteiger charge is 2.45. The van der Waals surface area contributed by atoms with Gasteiger partial charge in [0.05, 0.1) is 5.41 Å². The van der Waals surface area contributed by atoms with Crippen LogP contribution in [0, 0.1) is 5.92 Å². The summed E-state index contributed by atoms with van der Waals surface area (Å²) in [6, 6.07) is 7.83. The number of halogens is 1. The van der Waals surface area contributed by atoms with E-state index in [4.69, 9.17) is 16.0 Å². The summed E-state index contributed by atoms with van der Waals surface area (Å²) < 4.78 is 6.00. The Labute approximate surface area is 187 Å². The van der Waals surface area contributed by atoms with E-state index < -0.39 is 0 Å². The quantitative estimate of drug-likeness (QED) is 0.623. The van der Waals surface area contributed by atoms with Crippen LogP contribution in [-0.4, -0.2) is 58.5 Å². The number of benzene rings is 1. The van der Waals surface area contributed by atoms with Gasteiger partial charge in [-0.3, -0.25) is 9.59 Å². The van der Waals surface area contributed by atoms with Crippen molar-refractivity contribution in [2.45, 2.75) is 50.9 Å². The van der Waals surface area contributed by atoms with Gasteiger partial charge in [-0.1, -0.05) is 30.2 Å². The third-order valence-electron chi connectivity index (χ3n) is 6.67. The average molecular weight is 445 g/mol. The minimum absolute atomic E-state index is 0.0261. The highest BCUT2D eigenvalue weighted by Crippen LogP contribution is 2.48. The van der Waals surface area contributed by atoms with Gasteiger partial charge in [0, 0.05) is 56.9 Å². The molecule has 0 radical (unpaired) electrons. The maximum atomic E-state index is 12.6. The molecule has 1 saturated carbocycles. The van der Waals surface area contributed by atoms with Gasteiger partial charge in [0.1, 0.15) is 0 Å². The van der Waals surface area contributed by atoms with Gasteiger partial charge in [0.25, 0.3) is 0 Å². The molecular formula is C23H29ClN4O3. The normalized spacial score (nSPS) is 20.0. The first kappa shape index (κ1) is 21.8. The lowest BCUT2D eigenvalue weighted by Gasteiger charge is -2.39. The van der Waals surface area contributed by atoms with Crippen LogP contribution in [0.25, 0.3) is 0 Å².